The summed E-state index contributed by atoms with van der Waals surface area (Å²) in [5, 5.41) is 3.22. The van der Waals surface area contributed by atoms with Crippen molar-refractivity contribution in [3.63, 3.8) is 0 Å². The lowest BCUT2D eigenvalue weighted by atomic mass is 9.98. The molecule has 1 aromatic rings. The van der Waals surface area contributed by atoms with Crippen molar-refractivity contribution in [1.29, 1.82) is 0 Å². The molecule has 2 heterocycles. The van der Waals surface area contributed by atoms with Gasteiger partial charge in [-0.3, -0.25) is 9.59 Å². The van der Waals surface area contributed by atoms with Crippen LogP contribution in [0.5, 0.6) is 11.5 Å². The van der Waals surface area contributed by atoms with Crippen LogP contribution in [0.25, 0.3) is 0 Å². The van der Waals surface area contributed by atoms with E-state index in [1.165, 1.54) is 5.56 Å². The topological polar surface area (TPSA) is 71.1 Å². The first-order valence-electron chi connectivity index (χ1n) is 9.12. The quantitative estimate of drug-likeness (QED) is 0.809. The van der Waals surface area contributed by atoms with Crippen LogP contribution >= 0.6 is 12.4 Å². The number of amides is 2. The molecule has 27 heavy (non-hydrogen) atoms. The second-order valence-electron chi connectivity index (χ2n) is 6.67. The molecule has 1 N–H and O–H groups in total. The Labute approximate surface area is 166 Å². The zero-order valence-corrected chi connectivity index (χ0v) is 16.8. The molecule has 0 aliphatic carbocycles. The average molecular weight is 398 g/mol. The van der Waals surface area contributed by atoms with Crippen molar-refractivity contribution in [3.8, 4) is 11.5 Å². The van der Waals surface area contributed by atoms with Gasteiger partial charge in [0.1, 0.15) is 0 Å². The van der Waals surface area contributed by atoms with Crippen LogP contribution in [0, 0.1) is 0 Å². The van der Waals surface area contributed by atoms with Crippen molar-refractivity contribution in [2.45, 2.75) is 25.8 Å². The Morgan fingerprint density at radius 3 is 2.07 bits per heavy atom. The van der Waals surface area contributed by atoms with Gasteiger partial charge in [-0.1, -0.05) is 0 Å². The maximum Gasteiger partial charge on any atom is 0.223 e. The van der Waals surface area contributed by atoms with Gasteiger partial charge in [0.05, 0.1) is 14.2 Å². The Morgan fingerprint density at radius 1 is 0.926 bits per heavy atom. The number of piperazine rings is 1. The Bertz CT molecular complexity index is 677. The molecule has 1 fully saturated rings. The number of fused-ring (bicyclic) bond motifs is 1. The number of ether oxygens (including phenoxy) is 2. The summed E-state index contributed by atoms with van der Waals surface area (Å²) in [5.74, 6) is 1.50. The Morgan fingerprint density at radius 2 is 1.48 bits per heavy atom. The summed E-state index contributed by atoms with van der Waals surface area (Å²) >= 11 is 0. The summed E-state index contributed by atoms with van der Waals surface area (Å²) in [6.07, 6.45) is 1.34. The summed E-state index contributed by atoms with van der Waals surface area (Å²) in [7, 11) is 3.23. The highest BCUT2D eigenvalue weighted by Gasteiger charge is 2.24. The average Bonchev–Trinajstić information content (AvgIpc) is 2.70. The van der Waals surface area contributed by atoms with Crippen molar-refractivity contribution in [2.24, 2.45) is 0 Å². The fraction of sp³-hybridized carbons (Fsp3) is 0.579. The number of benzene rings is 1. The number of hydrogen-bond acceptors (Lipinski definition) is 5. The SMILES string of the molecule is COc1cc2c(cc1OC)CN(C(=O)CCC(=O)N1CCNCC1)CC2.Cl. The van der Waals surface area contributed by atoms with E-state index < -0.39 is 0 Å². The molecule has 8 heteroatoms. The van der Waals surface area contributed by atoms with Crippen LogP contribution in [0.1, 0.15) is 24.0 Å². The van der Waals surface area contributed by atoms with Gasteiger partial charge in [-0.15, -0.1) is 12.4 Å². The van der Waals surface area contributed by atoms with Crippen LogP contribution in [0.2, 0.25) is 0 Å². The predicted molar refractivity (Wildman–Crippen MR) is 105 cm³/mol. The molecular formula is C19H28ClN3O4. The first kappa shape index (κ1) is 21.3. The minimum atomic E-state index is 0. The highest BCUT2D eigenvalue weighted by molar-refractivity contribution is 5.85. The summed E-state index contributed by atoms with van der Waals surface area (Å²) in [5.41, 5.74) is 2.26. The zero-order valence-electron chi connectivity index (χ0n) is 16.0. The number of carbonyl (C=O) groups is 2. The van der Waals surface area contributed by atoms with Crippen LogP contribution in [0.15, 0.2) is 12.1 Å². The number of nitrogens with one attached hydrogen (secondary N) is 1. The molecule has 2 aliphatic heterocycles. The third-order valence-corrected chi connectivity index (χ3v) is 5.09. The first-order chi connectivity index (χ1) is 12.6. The molecule has 0 radical (unpaired) electrons. The van der Waals surface area contributed by atoms with Crippen molar-refractivity contribution >= 4 is 24.2 Å². The molecule has 7 nitrogen and oxygen atoms in total. The monoisotopic (exact) mass is 397 g/mol. The lowest BCUT2D eigenvalue weighted by molar-refractivity contribution is -0.137. The molecular weight excluding hydrogens is 370 g/mol. The molecule has 2 amide bonds. The molecule has 0 atom stereocenters. The maximum atomic E-state index is 12.6. The third kappa shape index (κ3) is 5.05. The van der Waals surface area contributed by atoms with Crippen LogP contribution in [-0.4, -0.2) is 68.6 Å². The van der Waals surface area contributed by atoms with E-state index in [4.69, 9.17) is 9.47 Å². The number of carbonyl (C=O) groups excluding carboxylic acids is 2. The van der Waals surface area contributed by atoms with Gasteiger partial charge in [-0.2, -0.15) is 0 Å². The molecule has 1 saturated heterocycles. The number of methoxy groups -OCH3 is 2. The summed E-state index contributed by atoms with van der Waals surface area (Å²) < 4.78 is 10.7. The van der Waals surface area contributed by atoms with Gasteiger partial charge >= 0.3 is 0 Å². The van der Waals surface area contributed by atoms with E-state index in [0.717, 1.165) is 38.2 Å². The third-order valence-electron chi connectivity index (χ3n) is 5.09. The number of rotatable bonds is 5. The van der Waals surface area contributed by atoms with E-state index >= 15 is 0 Å². The van der Waals surface area contributed by atoms with Crippen LogP contribution in [0.4, 0.5) is 0 Å². The van der Waals surface area contributed by atoms with E-state index in [2.05, 4.69) is 5.32 Å². The molecule has 0 aromatic heterocycles. The normalized spacial score (nSPS) is 16.2. The molecule has 0 saturated carbocycles. The number of hydrogen-bond donors (Lipinski definition) is 1. The molecule has 0 bridgehead atoms. The Hall–Kier alpha value is -1.99. The van der Waals surface area contributed by atoms with Gasteiger partial charge in [0.15, 0.2) is 11.5 Å². The second kappa shape index (κ2) is 9.80. The summed E-state index contributed by atoms with van der Waals surface area (Å²) in [6.45, 7) is 4.33. The lowest BCUT2D eigenvalue weighted by Gasteiger charge is -2.30. The van der Waals surface area contributed by atoms with Gasteiger partial charge in [0.25, 0.3) is 0 Å². The van der Waals surface area contributed by atoms with E-state index in [-0.39, 0.29) is 37.1 Å². The molecule has 3 rings (SSSR count). The molecule has 0 unspecified atom stereocenters. The minimum absolute atomic E-state index is 0. The van der Waals surface area contributed by atoms with E-state index in [1.807, 2.05) is 21.9 Å². The fourth-order valence-corrected chi connectivity index (χ4v) is 3.54. The van der Waals surface area contributed by atoms with Crippen molar-refractivity contribution in [2.75, 3.05) is 46.9 Å². The zero-order chi connectivity index (χ0) is 18.5. The van der Waals surface area contributed by atoms with Crippen LogP contribution in [0.3, 0.4) is 0 Å². The summed E-state index contributed by atoms with van der Waals surface area (Å²) in [4.78, 5) is 28.5. The minimum Gasteiger partial charge on any atom is -0.493 e. The highest BCUT2D eigenvalue weighted by atomic mass is 35.5. The van der Waals surface area contributed by atoms with Crippen molar-refractivity contribution in [1.82, 2.24) is 15.1 Å². The number of halogens is 1. The lowest BCUT2D eigenvalue weighted by Crippen LogP contribution is -2.46. The van der Waals surface area contributed by atoms with E-state index in [1.54, 1.807) is 14.2 Å². The molecule has 0 spiro atoms. The molecule has 1 aromatic carbocycles. The van der Waals surface area contributed by atoms with Crippen LogP contribution < -0.4 is 14.8 Å². The highest BCUT2D eigenvalue weighted by Crippen LogP contribution is 2.33. The molecule has 2 aliphatic rings. The first-order valence-corrected chi connectivity index (χ1v) is 9.12. The van der Waals surface area contributed by atoms with Gasteiger partial charge in [0.2, 0.25) is 11.8 Å². The smallest absolute Gasteiger partial charge is 0.223 e. The van der Waals surface area contributed by atoms with Gasteiger partial charge in [-0.05, 0) is 29.7 Å². The van der Waals surface area contributed by atoms with Gasteiger partial charge < -0.3 is 24.6 Å². The maximum absolute atomic E-state index is 12.6. The summed E-state index contributed by atoms with van der Waals surface area (Å²) in [6, 6.07) is 3.93. The van der Waals surface area contributed by atoms with Crippen LogP contribution in [-0.2, 0) is 22.6 Å². The second-order valence-corrected chi connectivity index (χ2v) is 6.67. The van der Waals surface area contributed by atoms with Gasteiger partial charge in [-0.25, -0.2) is 0 Å². The fourth-order valence-electron chi connectivity index (χ4n) is 3.54. The Kier molecular flexibility index (Phi) is 7.74. The van der Waals surface area contributed by atoms with Gasteiger partial charge in [0, 0.05) is 52.1 Å². The number of nitrogens with zero attached hydrogens (tertiary/aromatic N) is 2. The largest absolute Gasteiger partial charge is 0.493 e. The van der Waals surface area contributed by atoms with E-state index in [9.17, 15) is 9.59 Å². The van der Waals surface area contributed by atoms with Crippen molar-refractivity contribution < 1.29 is 19.1 Å². The van der Waals surface area contributed by atoms with E-state index in [0.29, 0.717) is 24.6 Å². The Balaban J connectivity index is 0.00000261. The molecule has 150 valence electrons. The standard InChI is InChI=1S/C19H27N3O4.ClH/c1-25-16-11-14-5-8-22(13-15(14)12-17(16)26-2)19(24)4-3-18(23)21-9-6-20-7-10-21;/h11-12,20H,3-10,13H2,1-2H3;1H. The predicted octanol–water partition coefficient (Wildman–Crippen LogP) is 1.22. The van der Waals surface area contributed by atoms with Crippen molar-refractivity contribution in [3.05, 3.63) is 23.3 Å².